The van der Waals surface area contributed by atoms with Crippen molar-refractivity contribution in [1.29, 1.82) is 0 Å². The molecular formula is C18H22O3. The lowest BCUT2D eigenvalue weighted by Crippen LogP contribution is -2.43. The number of benzene rings is 1. The number of aryl methyl sites for hydroxylation is 1. The van der Waals surface area contributed by atoms with Crippen LogP contribution in [0.3, 0.4) is 0 Å². The topological polar surface area (TPSA) is 53.0 Å². The van der Waals surface area contributed by atoms with Gasteiger partial charge in [-0.05, 0) is 73.3 Å². The average Bonchev–Trinajstić information content (AvgIpc) is 3.21. The summed E-state index contributed by atoms with van der Waals surface area (Å²) in [5.41, 5.74) is 2.82. The van der Waals surface area contributed by atoms with E-state index in [1.807, 2.05) is 6.07 Å². The van der Waals surface area contributed by atoms with Crippen LogP contribution in [0.25, 0.3) is 0 Å². The van der Waals surface area contributed by atoms with E-state index in [1.165, 1.54) is 24.0 Å². The summed E-state index contributed by atoms with van der Waals surface area (Å²) in [5, 5.41) is 20.3. The lowest BCUT2D eigenvalue weighted by Gasteiger charge is -2.49. The molecule has 0 radical (unpaired) electrons. The molecule has 3 aliphatic carbocycles. The predicted molar refractivity (Wildman–Crippen MR) is 78.8 cm³/mol. The van der Waals surface area contributed by atoms with Crippen molar-refractivity contribution >= 4 is 0 Å². The highest BCUT2D eigenvalue weighted by atomic mass is 16.6. The first-order chi connectivity index (χ1) is 10.1. The van der Waals surface area contributed by atoms with Crippen molar-refractivity contribution in [2.24, 2.45) is 17.3 Å². The van der Waals surface area contributed by atoms with Gasteiger partial charge in [-0.25, -0.2) is 0 Å². The molecule has 112 valence electrons. The summed E-state index contributed by atoms with van der Waals surface area (Å²) in [4.78, 5) is 0. The number of hydrogen-bond donors (Lipinski definition) is 2. The number of aromatic hydroxyl groups is 1. The van der Waals surface area contributed by atoms with Gasteiger partial charge >= 0.3 is 0 Å². The maximum Gasteiger partial charge on any atom is 0.211 e. The summed E-state index contributed by atoms with van der Waals surface area (Å²) >= 11 is 0. The van der Waals surface area contributed by atoms with E-state index in [-0.39, 0.29) is 11.5 Å². The molecule has 2 saturated carbocycles. The molecular weight excluding hydrogens is 264 g/mol. The standard InChI is InChI=1S/C18H22O3/c1-18-7-6-11-10(12(18)4-5-14(18)20)3-2-9-8-13(19)16-17(21-16)15(9)11/h8,10-12,14,19-20H,2-7H2,1H3/t10-,11-,12-,14-,18-/m0/s1. The van der Waals surface area contributed by atoms with Crippen molar-refractivity contribution in [3.05, 3.63) is 17.2 Å². The first-order valence-electron chi connectivity index (χ1n) is 8.34. The molecule has 0 unspecified atom stereocenters. The molecule has 3 heteroatoms. The molecule has 0 saturated heterocycles. The Morgan fingerprint density at radius 1 is 1.19 bits per heavy atom. The lowest BCUT2D eigenvalue weighted by atomic mass is 9.55. The molecule has 0 amide bonds. The number of aliphatic hydroxyl groups excluding tert-OH is 1. The van der Waals surface area contributed by atoms with Gasteiger partial charge in [0.2, 0.25) is 5.75 Å². The second-order valence-electron chi connectivity index (χ2n) is 7.78. The Balaban J connectivity index is 1.58. The molecule has 1 aromatic rings. The van der Waals surface area contributed by atoms with E-state index in [9.17, 15) is 10.2 Å². The van der Waals surface area contributed by atoms with E-state index in [0.717, 1.165) is 31.4 Å². The van der Waals surface area contributed by atoms with Gasteiger partial charge in [-0.3, -0.25) is 0 Å². The molecule has 0 aromatic heterocycles. The first kappa shape index (κ1) is 12.3. The smallest absolute Gasteiger partial charge is 0.211 e. The molecule has 4 aliphatic rings. The van der Waals surface area contributed by atoms with Gasteiger partial charge in [-0.15, -0.1) is 0 Å². The van der Waals surface area contributed by atoms with Gasteiger partial charge < -0.3 is 14.9 Å². The van der Waals surface area contributed by atoms with Crippen LogP contribution in [0, 0.1) is 17.3 Å². The zero-order valence-corrected chi connectivity index (χ0v) is 12.4. The summed E-state index contributed by atoms with van der Waals surface area (Å²) in [5.74, 6) is 3.93. The minimum atomic E-state index is -0.110. The van der Waals surface area contributed by atoms with Crippen LogP contribution in [-0.4, -0.2) is 16.3 Å². The number of ether oxygens (including phenoxy) is 1. The van der Waals surface area contributed by atoms with Crippen molar-refractivity contribution in [3.8, 4) is 17.2 Å². The fourth-order valence-electron chi connectivity index (χ4n) is 5.83. The average molecular weight is 286 g/mol. The van der Waals surface area contributed by atoms with E-state index in [0.29, 0.717) is 29.3 Å². The van der Waals surface area contributed by atoms with Crippen molar-refractivity contribution in [3.63, 3.8) is 0 Å². The van der Waals surface area contributed by atoms with Crippen LogP contribution < -0.4 is 4.74 Å². The number of fused-ring (bicyclic) bond motifs is 7. The third-order valence-corrected chi connectivity index (χ3v) is 7.01. The molecule has 5 rings (SSSR count). The summed E-state index contributed by atoms with van der Waals surface area (Å²) in [6.45, 7) is 2.31. The Hall–Kier alpha value is -1.22. The maximum absolute atomic E-state index is 10.4. The Bertz CT molecular complexity index is 638. The molecule has 21 heavy (non-hydrogen) atoms. The van der Waals surface area contributed by atoms with Crippen molar-refractivity contribution in [2.75, 3.05) is 0 Å². The fraction of sp³-hybridized carbons (Fsp3) is 0.667. The minimum absolute atomic E-state index is 0.110. The van der Waals surface area contributed by atoms with E-state index >= 15 is 0 Å². The van der Waals surface area contributed by atoms with Gasteiger partial charge in [0.25, 0.3) is 0 Å². The van der Waals surface area contributed by atoms with Crippen LogP contribution >= 0.6 is 0 Å². The largest absolute Gasteiger partial charge is 0.504 e. The van der Waals surface area contributed by atoms with Gasteiger partial charge in [0.1, 0.15) is 0 Å². The third-order valence-electron chi connectivity index (χ3n) is 7.01. The van der Waals surface area contributed by atoms with Crippen LogP contribution in [0.2, 0.25) is 0 Å². The predicted octanol–water partition coefficient (Wildman–Crippen LogP) is 3.71. The van der Waals surface area contributed by atoms with Crippen LogP contribution in [0.4, 0.5) is 0 Å². The number of rotatable bonds is 0. The van der Waals surface area contributed by atoms with Crippen molar-refractivity contribution in [1.82, 2.24) is 0 Å². The molecule has 1 aromatic carbocycles. The van der Waals surface area contributed by atoms with Crippen LogP contribution in [0.5, 0.6) is 17.2 Å². The van der Waals surface area contributed by atoms with Crippen LogP contribution in [-0.2, 0) is 6.42 Å². The van der Waals surface area contributed by atoms with Crippen molar-refractivity contribution < 1.29 is 14.9 Å². The van der Waals surface area contributed by atoms with E-state index in [4.69, 9.17) is 4.74 Å². The summed E-state index contributed by atoms with van der Waals surface area (Å²) in [6.07, 6.45) is 6.56. The minimum Gasteiger partial charge on any atom is -0.504 e. The fourth-order valence-corrected chi connectivity index (χ4v) is 5.83. The number of hydrogen-bond acceptors (Lipinski definition) is 3. The first-order valence-corrected chi connectivity index (χ1v) is 8.34. The highest BCUT2D eigenvalue weighted by Crippen LogP contribution is 2.66. The molecule has 2 fully saturated rings. The highest BCUT2D eigenvalue weighted by Gasteiger charge is 2.55. The molecule has 0 bridgehead atoms. The molecule has 1 heterocycles. The van der Waals surface area contributed by atoms with Crippen LogP contribution in [0.15, 0.2) is 6.07 Å². The SMILES string of the molecule is C[C@]12CC[C@@H]3c4c(cc(O)c5c4O5)CC[C@@H]3[C@@H]1CC[C@@H]2O. The Labute approximate surface area is 124 Å². The van der Waals surface area contributed by atoms with Gasteiger partial charge in [-0.2, -0.15) is 0 Å². The Morgan fingerprint density at radius 2 is 2.05 bits per heavy atom. The molecule has 5 atom stereocenters. The van der Waals surface area contributed by atoms with Gasteiger partial charge in [0.15, 0.2) is 11.5 Å². The van der Waals surface area contributed by atoms with E-state index < -0.39 is 0 Å². The maximum atomic E-state index is 10.4. The molecule has 1 aliphatic heterocycles. The number of aliphatic hydroxyl groups is 1. The number of phenolic OH excluding ortho intramolecular Hbond substituents is 1. The molecule has 0 spiro atoms. The summed E-state index contributed by atoms with van der Waals surface area (Å²) in [7, 11) is 0. The number of phenols is 1. The van der Waals surface area contributed by atoms with E-state index in [1.54, 1.807) is 0 Å². The quantitative estimate of drug-likeness (QED) is 0.726. The molecule has 3 nitrogen and oxygen atoms in total. The molecule has 2 N–H and O–H groups in total. The monoisotopic (exact) mass is 286 g/mol. The Kier molecular flexibility index (Phi) is 2.20. The lowest BCUT2D eigenvalue weighted by molar-refractivity contribution is -0.0226. The zero-order valence-electron chi connectivity index (χ0n) is 12.4. The third kappa shape index (κ3) is 1.43. The van der Waals surface area contributed by atoms with E-state index in [2.05, 4.69) is 6.92 Å². The van der Waals surface area contributed by atoms with Crippen molar-refractivity contribution in [2.45, 2.75) is 57.5 Å². The zero-order chi connectivity index (χ0) is 14.4. The van der Waals surface area contributed by atoms with Gasteiger partial charge in [0.05, 0.1) is 6.10 Å². The highest BCUT2D eigenvalue weighted by molar-refractivity contribution is 5.70. The second kappa shape index (κ2) is 3.75. The normalized spacial score (nSPS) is 42.4. The Morgan fingerprint density at radius 3 is 2.90 bits per heavy atom. The van der Waals surface area contributed by atoms with Crippen LogP contribution in [0.1, 0.15) is 56.1 Å². The van der Waals surface area contributed by atoms with Gasteiger partial charge in [-0.1, -0.05) is 6.92 Å². The summed E-state index contributed by atoms with van der Waals surface area (Å²) in [6, 6.07) is 1.93. The second-order valence-corrected chi connectivity index (χ2v) is 7.78. The summed E-state index contributed by atoms with van der Waals surface area (Å²) < 4.78 is 5.57. The van der Waals surface area contributed by atoms with Gasteiger partial charge in [0, 0.05) is 5.56 Å².